The first-order valence-corrected chi connectivity index (χ1v) is 7.63. The summed E-state index contributed by atoms with van der Waals surface area (Å²) in [7, 11) is 1.25. The lowest BCUT2D eigenvalue weighted by Gasteiger charge is -2.23. The molecule has 0 saturated carbocycles. The SMILES string of the molecule is C[C@@H](CN(C)C(=O)Nc1cc(Oc2cccc(F)c2)ccn1)C(F)(F)F. The number of halogens is 4. The summed E-state index contributed by atoms with van der Waals surface area (Å²) in [5, 5.41) is 2.39. The maximum atomic E-state index is 13.2. The minimum Gasteiger partial charge on any atom is -0.457 e. The van der Waals surface area contributed by atoms with Crippen LogP contribution < -0.4 is 10.1 Å². The van der Waals surface area contributed by atoms with Gasteiger partial charge in [0.05, 0.1) is 5.92 Å². The Morgan fingerprint density at radius 2 is 1.96 bits per heavy atom. The number of amides is 2. The molecule has 1 atom stereocenters. The number of hydrogen-bond acceptors (Lipinski definition) is 3. The first-order chi connectivity index (χ1) is 12.1. The average molecular weight is 371 g/mol. The standard InChI is InChI=1S/C17H17F4N3O2/c1-11(17(19,20)21)10-24(2)16(25)23-15-9-14(6-7-22-15)26-13-5-3-4-12(18)8-13/h3-9,11H,10H2,1-2H3,(H,22,23,25)/t11-/m0/s1. The van der Waals surface area contributed by atoms with Crippen molar-refractivity contribution >= 4 is 11.8 Å². The maximum Gasteiger partial charge on any atom is 0.393 e. The van der Waals surface area contributed by atoms with E-state index in [2.05, 4.69) is 10.3 Å². The van der Waals surface area contributed by atoms with Crippen LogP contribution in [-0.2, 0) is 0 Å². The highest BCUT2D eigenvalue weighted by Gasteiger charge is 2.37. The molecule has 9 heteroatoms. The lowest BCUT2D eigenvalue weighted by molar-refractivity contribution is -0.171. The number of carbonyl (C=O) groups excluding carboxylic acids is 1. The van der Waals surface area contributed by atoms with Crippen molar-refractivity contribution in [2.45, 2.75) is 13.1 Å². The van der Waals surface area contributed by atoms with Crippen LogP contribution in [0.3, 0.4) is 0 Å². The number of benzene rings is 1. The smallest absolute Gasteiger partial charge is 0.393 e. The Morgan fingerprint density at radius 3 is 2.62 bits per heavy atom. The number of nitrogens with one attached hydrogen (secondary N) is 1. The minimum absolute atomic E-state index is 0.0930. The van der Waals surface area contributed by atoms with Crippen LogP contribution in [0.1, 0.15) is 6.92 Å². The first-order valence-electron chi connectivity index (χ1n) is 7.63. The fourth-order valence-electron chi connectivity index (χ4n) is 2.01. The largest absolute Gasteiger partial charge is 0.457 e. The average Bonchev–Trinajstić information content (AvgIpc) is 2.54. The molecule has 0 aliphatic heterocycles. The fraction of sp³-hybridized carbons (Fsp3) is 0.294. The van der Waals surface area contributed by atoms with Gasteiger partial charge < -0.3 is 9.64 Å². The second kappa shape index (κ2) is 8.03. The summed E-state index contributed by atoms with van der Waals surface area (Å²) in [4.78, 5) is 16.8. The lowest BCUT2D eigenvalue weighted by Crippen LogP contribution is -2.38. The number of urea groups is 1. The van der Waals surface area contributed by atoms with E-state index in [0.717, 1.165) is 11.8 Å². The van der Waals surface area contributed by atoms with Crippen molar-refractivity contribution in [1.82, 2.24) is 9.88 Å². The zero-order valence-electron chi connectivity index (χ0n) is 14.0. The summed E-state index contributed by atoms with van der Waals surface area (Å²) < 4.78 is 56.3. The van der Waals surface area contributed by atoms with Crippen molar-refractivity contribution in [2.24, 2.45) is 5.92 Å². The summed E-state index contributed by atoms with van der Waals surface area (Å²) in [6, 6.07) is 7.61. The third-order valence-corrected chi connectivity index (χ3v) is 3.45. The van der Waals surface area contributed by atoms with Gasteiger partial charge in [-0.15, -0.1) is 0 Å². The third kappa shape index (κ3) is 5.61. The van der Waals surface area contributed by atoms with Crippen LogP contribution in [0, 0.1) is 11.7 Å². The number of carbonyl (C=O) groups is 1. The predicted octanol–water partition coefficient (Wildman–Crippen LogP) is 4.68. The molecule has 0 unspecified atom stereocenters. The molecule has 26 heavy (non-hydrogen) atoms. The Morgan fingerprint density at radius 1 is 1.27 bits per heavy atom. The van der Waals surface area contributed by atoms with E-state index in [-0.39, 0.29) is 17.3 Å². The van der Waals surface area contributed by atoms with Gasteiger partial charge in [-0.05, 0) is 18.2 Å². The predicted molar refractivity (Wildman–Crippen MR) is 87.6 cm³/mol. The minimum atomic E-state index is -4.38. The lowest BCUT2D eigenvalue weighted by atomic mass is 10.1. The molecule has 2 rings (SSSR count). The number of anilines is 1. The zero-order valence-corrected chi connectivity index (χ0v) is 14.0. The Hall–Kier alpha value is -2.84. The highest BCUT2D eigenvalue weighted by Crippen LogP contribution is 2.26. The Labute approximate surface area is 147 Å². The van der Waals surface area contributed by atoms with Crippen molar-refractivity contribution in [1.29, 1.82) is 0 Å². The highest BCUT2D eigenvalue weighted by molar-refractivity contribution is 5.88. The normalized spacial score (nSPS) is 12.4. The van der Waals surface area contributed by atoms with Gasteiger partial charge in [-0.1, -0.05) is 13.0 Å². The number of hydrogen-bond donors (Lipinski definition) is 1. The van der Waals surface area contributed by atoms with Crippen LogP contribution in [0.2, 0.25) is 0 Å². The molecule has 0 aliphatic rings. The van der Waals surface area contributed by atoms with Crippen LogP contribution in [0.4, 0.5) is 28.2 Å². The molecule has 0 saturated heterocycles. The molecule has 1 heterocycles. The van der Waals surface area contributed by atoms with Crippen LogP contribution in [-0.4, -0.2) is 35.7 Å². The highest BCUT2D eigenvalue weighted by atomic mass is 19.4. The van der Waals surface area contributed by atoms with E-state index >= 15 is 0 Å². The van der Waals surface area contributed by atoms with E-state index in [1.165, 1.54) is 43.6 Å². The van der Waals surface area contributed by atoms with Gasteiger partial charge in [0, 0.05) is 31.9 Å². The molecule has 0 spiro atoms. The van der Waals surface area contributed by atoms with Gasteiger partial charge in [0.25, 0.3) is 0 Å². The molecule has 2 aromatic rings. The zero-order chi connectivity index (χ0) is 19.3. The van der Waals surface area contributed by atoms with Crippen molar-refractivity contribution in [3.8, 4) is 11.5 Å². The summed E-state index contributed by atoms with van der Waals surface area (Å²) in [5.74, 6) is -1.49. The maximum absolute atomic E-state index is 13.2. The molecule has 1 aromatic heterocycles. The molecule has 0 aliphatic carbocycles. The Kier molecular flexibility index (Phi) is 6.01. The van der Waals surface area contributed by atoms with E-state index in [4.69, 9.17) is 4.74 Å². The molecular formula is C17H17F4N3O2. The Balaban J connectivity index is 2.00. The number of rotatable bonds is 5. The molecule has 5 nitrogen and oxygen atoms in total. The fourth-order valence-corrected chi connectivity index (χ4v) is 2.01. The topological polar surface area (TPSA) is 54.5 Å². The molecule has 0 fully saturated rings. The Bertz CT molecular complexity index is 768. The number of pyridine rings is 1. The van der Waals surface area contributed by atoms with Crippen molar-refractivity contribution in [3.63, 3.8) is 0 Å². The first kappa shape index (κ1) is 19.5. The van der Waals surface area contributed by atoms with Crippen molar-refractivity contribution in [2.75, 3.05) is 18.9 Å². The van der Waals surface area contributed by atoms with Crippen LogP contribution in [0.15, 0.2) is 42.6 Å². The van der Waals surface area contributed by atoms with Gasteiger partial charge >= 0.3 is 12.2 Å². The van der Waals surface area contributed by atoms with Crippen molar-refractivity contribution < 1.29 is 27.1 Å². The van der Waals surface area contributed by atoms with Gasteiger partial charge in [-0.25, -0.2) is 14.2 Å². The van der Waals surface area contributed by atoms with E-state index in [9.17, 15) is 22.4 Å². The van der Waals surface area contributed by atoms with Crippen LogP contribution in [0.5, 0.6) is 11.5 Å². The van der Waals surface area contributed by atoms with Gasteiger partial charge in [-0.2, -0.15) is 13.2 Å². The number of nitrogens with zero attached hydrogens (tertiary/aromatic N) is 2. The van der Waals surface area contributed by atoms with E-state index in [1.54, 1.807) is 6.07 Å². The molecule has 1 N–H and O–H groups in total. The second-order valence-corrected chi connectivity index (χ2v) is 5.69. The van der Waals surface area contributed by atoms with E-state index in [1.807, 2.05) is 0 Å². The van der Waals surface area contributed by atoms with Crippen LogP contribution in [0.25, 0.3) is 0 Å². The third-order valence-electron chi connectivity index (χ3n) is 3.45. The second-order valence-electron chi connectivity index (χ2n) is 5.69. The monoisotopic (exact) mass is 371 g/mol. The molecule has 0 bridgehead atoms. The van der Waals surface area contributed by atoms with Crippen molar-refractivity contribution in [3.05, 3.63) is 48.4 Å². The van der Waals surface area contributed by atoms with Gasteiger partial charge in [0.15, 0.2) is 0 Å². The summed E-state index contributed by atoms with van der Waals surface area (Å²) >= 11 is 0. The van der Waals surface area contributed by atoms with Crippen LogP contribution >= 0.6 is 0 Å². The molecule has 2 amide bonds. The quantitative estimate of drug-likeness (QED) is 0.777. The number of aromatic nitrogens is 1. The van der Waals surface area contributed by atoms with Gasteiger partial charge in [0.2, 0.25) is 0 Å². The molecule has 0 radical (unpaired) electrons. The molecule has 1 aromatic carbocycles. The van der Waals surface area contributed by atoms with Gasteiger partial charge in [0.1, 0.15) is 23.1 Å². The number of alkyl halides is 3. The summed E-state index contributed by atoms with van der Waals surface area (Å²) in [6.07, 6.45) is -3.03. The molecular weight excluding hydrogens is 354 g/mol. The van der Waals surface area contributed by atoms with E-state index in [0.29, 0.717) is 0 Å². The summed E-state index contributed by atoms with van der Waals surface area (Å²) in [6.45, 7) is 0.504. The van der Waals surface area contributed by atoms with Gasteiger partial charge in [-0.3, -0.25) is 5.32 Å². The number of ether oxygens (including phenoxy) is 1. The van der Waals surface area contributed by atoms with E-state index < -0.39 is 30.5 Å². The summed E-state index contributed by atoms with van der Waals surface area (Å²) in [5.41, 5.74) is 0. The molecule has 140 valence electrons.